The van der Waals surface area contributed by atoms with Gasteiger partial charge in [0.25, 0.3) is 0 Å². The average Bonchev–Trinajstić information content (AvgIpc) is 2.29. The molecule has 2 fully saturated rings. The molecule has 17 heavy (non-hydrogen) atoms. The van der Waals surface area contributed by atoms with Crippen molar-refractivity contribution < 1.29 is 0 Å². The van der Waals surface area contributed by atoms with Gasteiger partial charge < -0.3 is 10.2 Å². The Labute approximate surface area is 107 Å². The van der Waals surface area contributed by atoms with Gasteiger partial charge in [0, 0.05) is 25.7 Å². The van der Waals surface area contributed by atoms with Crippen LogP contribution in [-0.2, 0) is 0 Å². The van der Waals surface area contributed by atoms with Gasteiger partial charge in [-0.15, -0.1) is 0 Å². The highest BCUT2D eigenvalue weighted by atomic mass is 15.1. The van der Waals surface area contributed by atoms with Gasteiger partial charge >= 0.3 is 0 Å². The molecule has 2 nitrogen and oxygen atoms in total. The number of likely N-dealkylation sites (tertiary alicyclic amines) is 1. The van der Waals surface area contributed by atoms with Crippen molar-refractivity contribution in [2.24, 2.45) is 11.8 Å². The lowest BCUT2D eigenvalue weighted by Gasteiger charge is -2.32. The molecule has 2 heteroatoms. The minimum absolute atomic E-state index is 0.806. The van der Waals surface area contributed by atoms with Gasteiger partial charge in [0.05, 0.1) is 0 Å². The van der Waals surface area contributed by atoms with Crippen molar-refractivity contribution in [1.82, 2.24) is 10.2 Å². The molecule has 0 radical (unpaired) electrons. The smallest absolute Gasteiger partial charge is 0.0107 e. The molecule has 1 saturated carbocycles. The summed E-state index contributed by atoms with van der Waals surface area (Å²) in [5.74, 6) is 1.86. The van der Waals surface area contributed by atoms with E-state index >= 15 is 0 Å². The summed E-state index contributed by atoms with van der Waals surface area (Å²) < 4.78 is 0. The molecule has 0 bridgehead atoms. The number of rotatable bonds is 4. The zero-order chi connectivity index (χ0) is 12.1. The maximum Gasteiger partial charge on any atom is 0.0107 e. The third-order valence-electron chi connectivity index (χ3n) is 4.54. The van der Waals surface area contributed by atoms with Crippen molar-refractivity contribution in [1.29, 1.82) is 0 Å². The first kappa shape index (κ1) is 13.4. The number of hydrogen-bond donors (Lipinski definition) is 1. The first-order chi connectivity index (χ1) is 8.24. The van der Waals surface area contributed by atoms with Gasteiger partial charge in [0.2, 0.25) is 0 Å². The Morgan fingerprint density at radius 3 is 2.65 bits per heavy atom. The van der Waals surface area contributed by atoms with Gasteiger partial charge in [0.15, 0.2) is 0 Å². The first-order valence-corrected chi connectivity index (χ1v) is 7.70. The van der Waals surface area contributed by atoms with Crippen LogP contribution < -0.4 is 5.32 Å². The second-order valence-electron chi connectivity index (χ2n) is 6.47. The second kappa shape index (κ2) is 6.75. The topological polar surface area (TPSA) is 15.3 Å². The van der Waals surface area contributed by atoms with E-state index in [1.54, 1.807) is 0 Å². The van der Waals surface area contributed by atoms with E-state index in [1.807, 2.05) is 0 Å². The molecule has 1 aliphatic carbocycles. The Bertz CT molecular complexity index is 195. The molecule has 0 aromatic rings. The maximum absolute atomic E-state index is 3.77. The Morgan fingerprint density at radius 2 is 1.88 bits per heavy atom. The molecule has 1 heterocycles. The molecule has 3 unspecified atom stereocenters. The van der Waals surface area contributed by atoms with Crippen molar-refractivity contribution >= 4 is 0 Å². The van der Waals surface area contributed by atoms with Gasteiger partial charge in [-0.05, 0) is 44.1 Å². The molecule has 1 N–H and O–H groups in total. The summed E-state index contributed by atoms with van der Waals surface area (Å²) in [5.41, 5.74) is 0. The van der Waals surface area contributed by atoms with Crippen molar-refractivity contribution in [2.75, 3.05) is 26.2 Å². The Balaban J connectivity index is 1.58. The van der Waals surface area contributed by atoms with Crippen molar-refractivity contribution in [3.05, 3.63) is 0 Å². The van der Waals surface area contributed by atoms with Crippen LogP contribution in [0.2, 0.25) is 0 Å². The van der Waals surface area contributed by atoms with Crippen LogP contribution in [0.15, 0.2) is 0 Å². The predicted octanol–water partition coefficient (Wildman–Crippen LogP) is 2.89. The molecule has 0 amide bonds. The lowest BCUT2D eigenvalue weighted by atomic mass is 9.87. The number of nitrogens with one attached hydrogen (secondary N) is 1. The normalized spacial score (nSPS) is 36.0. The maximum atomic E-state index is 3.77. The quantitative estimate of drug-likeness (QED) is 0.810. The summed E-state index contributed by atoms with van der Waals surface area (Å²) in [7, 11) is 0. The highest BCUT2D eigenvalue weighted by Crippen LogP contribution is 2.23. The van der Waals surface area contributed by atoms with E-state index < -0.39 is 0 Å². The summed E-state index contributed by atoms with van der Waals surface area (Å²) in [6, 6.07) is 0.806. The van der Waals surface area contributed by atoms with Gasteiger partial charge in [0.1, 0.15) is 0 Å². The number of piperidine rings is 1. The Hall–Kier alpha value is -0.0800. The van der Waals surface area contributed by atoms with Crippen LogP contribution in [-0.4, -0.2) is 37.1 Å². The standard InChI is InChI=1S/C15H30N2/c1-13-5-3-7-15(11-13)16-8-10-17-9-4-6-14(2)12-17/h13-16H,3-12H2,1-2H3. The van der Waals surface area contributed by atoms with Crippen LogP contribution in [0.3, 0.4) is 0 Å². The van der Waals surface area contributed by atoms with Crippen LogP contribution in [0.1, 0.15) is 52.4 Å². The van der Waals surface area contributed by atoms with Gasteiger partial charge in [-0.2, -0.15) is 0 Å². The van der Waals surface area contributed by atoms with E-state index in [0.29, 0.717) is 0 Å². The van der Waals surface area contributed by atoms with E-state index in [4.69, 9.17) is 0 Å². The predicted molar refractivity (Wildman–Crippen MR) is 74.3 cm³/mol. The second-order valence-corrected chi connectivity index (χ2v) is 6.47. The Morgan fingerprint density at radius 1 is 1.06 bits per heavy atom. The fraction of sp³-hybridized carbons (Fsp3) is 1.00. The largest absolute Gasteiger partial charge is 0.313 e. The van der Waals surface area contributed by atoms with Crippen LogP contribution >= 0.6 is 0 Å². The lowest BCUT2D eigenvalue weighted by molar-refractivity contribution is 0.179. The molecular weight excluding hydrogens is 208 g/mol. The molecule has 2 rings (SSSR count). The van der Waals surface area contributed by atoms with Crippen LogP contribution in [0.5, 0.6) is 0 Å². The summed E-state index contributed by atoms with van der Waals surface area (Å²) in [5, 5.41) is 3.77. The molecule has 100 valence electrons. The molecule has 0 aromatic carbocycles. The Kier molecular flexibility index (Phi) is 5.30. The highest BCUT2D eigenvalue weighted by molar-refractivity contribution is 4.77. The minimum Gasteiger partial charge on any atom is -0.313 e. The van der Waals surface area contributed by atoms with E-state index in [-0.39, 0.29) is 0 Å². The third-order valence-corrected chi connectivity index (χ3v) is 4.54. The van der Waals surface area contributed by atoms with E-state index in [9.17, 15) is 0 Å². The van der Waals surface area contributed by atoms with Crippen LogP contribution in [0, 0.1) is 11.8 Å². The van der Waals surface area contributed by atoms with Crippen molar-refractivity contribution in [3.63, 3.8) is 0 Å². The van der Waals surface area contributed by atoms with Crippen LogP contribution in [0.4, 0.5) is 0 Å². The SMILES string of the molecule is CC1CCCC(NCCN2CCCC(C)C2)C1. The van der Waals surface area contributed by atoms with Gasteiger partial charge in [-0.25, -0.2) is 0 Å². The fourth-order valence-corrected chi connectivity index (χ4v) is 3.54. The molecule has 0 spiro atoms. The summed E-state index contributed by atoms with van der Waals surface area (Å²) in [4.78, 5) is 2.65. The summed E-state index contributed by atoms with van der Waals surface area (Å²) in [6.45, 7) is 9.90. The van der Waals surface area contributed by atoms with Gasteiger partial charge in [-0.3, -0.25) is 0 Å². The highest BCUT2D eigenvalue weighted by Gasteiger charge is 2.19. The van der Waals surface area contributed by atoms with Crippen molar-refractivity contribution in [3.8, 4) is 0 Å². The summed E-state index contributed by atoms with van der Waals surface area (Å²) in [6.07, 6.45) is 8.52. The zero-order valence-corrected chi connectivity index (χ0v) is 11.8. The number of nitrogens with zero attached hydrogens (tertiary/aromatic N) is 1. The molecule has 1 saturated heterocycles. The van der Waals surface area contributed by atoms with Gasteiger partial charge in [-0.1, -0.05) is 26.7 Å². The monoisotopic (exact) mass is 238 g/mol. The zero-order valence-electron chi connectivity index (χ0n) is 11.8. The fourth-order valence-electron chi connectivity index (χ4n) is 3.54. The van der Waals surface area contributed by atoms with E-state index in [2.05, 4.69) is 24.1 Å². The first-order valence-electron chi connectivity index (χ1n) is 7.70. The lowest BCUT2D eigenvalue weighted by Crippen LogP contribution is -2.42. The molecular formula is C15H30N2. The van der Waals surface area contributed by atoms with E-state index in [0.717, 1.165) is 17.9 Å². The number of hydrogen-bond acceptors (Lipinski definition) is 2. The van der Waals surface area contributed by atoms with Crippen LogP contribution in [0.25, 0.3) is 0 Å². The molecule has 2 aliphatic rings. The third kappa shape index (κ3) is 4.59. The van der Waals surface area contributed by atoms with Crippen molar-refractivity contribution in [2.45, 2.75) is 58.4 Å². The molecule has 0 aromatic heterocycles. The summed E-state index contributed by atoms with van der Waals surface area (Å²) >= 11 is 0. The minimum atomic E-state index is 0.806. The molecule has 3 atom stereocenters. The molecule has 1 aliphatic heterocycles. The van der Waals surface area contributed by atoms with E-state index in [1.165, 1.54) is 64.7 Å². The average molecular weight is 238 g/mol.